The molecular weight excluding hydrogens is 208 g/mol. The highest BCUT2D eigenvalue weighted by Gasteiger charge is 2.02. The number of rotatable bonds is 4. The minimum atomic E-state index is 0.636. The molecule has 17 heavy (non-hydrogen) atoms. The summed E-state index contributed by atoms with van der Waals surface area (Å²) in [6.45, 7) is 4.88. The lowest BCUT2D eigenvalue weighted by Crippen LogP contribution is -1.98. The van der Waals surface area contributed by atoms with Gasteiger partial charge in [-0.3, -0.25) is 0 Å². The van der Waals surface area contributed by atoms with E-state index in [0.29, 0.717) is 6.61 Å². The SMILES string of the molecule is CCc1ccc(C)cc1OCc1ccccc1. The van der Waals surface area contributed by atoms with Crippen molar-refractivity contribution in [1.82, 2.24) is 0 Å². The number of ether oxygens (including phenoxy) is 1. The fourth-order valence-corrected chi connectivity index (χ4v) is 1.82. The van der Waals surface area contributed by atoms with Gasteiger partial charge in [-0.1, -0.05) is 49.4 Å². The van der Waals surface area contributed by atoms with Gasteiger partial charge in [-0.2, -0.15) is 0 Å². The van der Waals surface area contributed by atoms with Gasteiger partial charge in [0, 0.05) is 0 Å². The maximum atomic E-state index is 5.89. The molecule has 0 spiro atoms. The van der Waals surface area contributed by atoms with Gasteiger partial charge in [-0.15, -0.1) is 0 Å². The van der Waals surface area contributed by atoms with Crippen molar-refractivity contribution < 1.29 is 4.74 Å². The van der Waals surface area contributed by atoms with Crippen LogP contribution in [0.25, 0.3) is 0 Å². The van der Waals surface area contributed by atoms with Crippen LogP contribution in [0, 0.1) is 6.92 Å². The standard InChI is InChI=1S/C16H18O/c1-3-15-10-9-13(2)11-16(15)17-12-14-7-5-4-6-8-14/h4-11H,3,12H2,1-2H3. The number of aryl methyl sites for hydroxylation is 2. The van der Waals surface area contributed by atoms with Gasteiger partial charge in [0.25, 0.3) is 0 Å². The summed E-state index contributed by atoms with van der Waals surface area (Å²) >= 11 is 0. The molecule has 0 aliphatic heterocycles. The van der Waals surface area contributed by atoms with E-state index in [0.717, 1.165) is 12.2 Å². The first-order chi connectivity index (χ1) is 8.29. The van der Waals surface area contributed by atoms with Crippen LogP contribution in [0.2, 0.25) is 0 Å². The Morgan fingerprint density at radius 2 is 1.76 bits per heavy atom. The summed E-state index contributed by atoms with van der Waals surface area (Å²) in [5.41, 5.74) is 3.72. The minimum absolute atomic E-state index is 0.636. The third-order valence-corrected chi connectivity index (χ3v) is 2.84. The van der Waals surface area contributed by atoms with Crippen molar-refractivity contribution in [2.75, 3.05) is 0 Å². The van der Waals surface area contributed by atoms with E-state index < -0.39 is 0 Å². The first-order valence-corrected chi connectivity index (χ1v) is 6.06. The summed E-state index contributed by atoms with van der Waals surface area (Å²) in [6.07, 6.45) is 1.00. The van der Waals surface area contributed by atoms with Crippen molar-refractivity contribution >= 4 is 0 Å². The second-order valence-corrected chi connectivity index (χ2v) is 4.24. The normalized spacial score (nSPS) is 10.2. The Balaban J connectivity index is 2.11. The topological polar surface area (TPSA) is 9.23 Å². The van der Waals surface area contributed by atoms with Crippen molar-refractivity contribution in [3.63, 3.8) is 0 Å². The Morgan fingerprint density at radius 1 is 1.00 bits per heavy atom. The quantitative estimate of drug-likeness (QED) is 0.761. The predicted octanol–water partition coefficient (Wildman–Crippen LogP) is 4.14. The third-order valence-electron chi connectivity index (χ3n) is 2.84. The van der Waals surface area contributed by atoms with Gasteiger partial charge in [-0.05, 0) is 36.1 Å². The predicted molar refractivity (Wildman–Crippen MR) is 71.3 cm³/mol. The van der Waals surface area contributed by atoms with Crippen molar-refractivity contribution in [3.8, 4) is 5.75 Å². The maximum absolute atomic E-state index is 5.89. The van der Waals surface area contributed by atoms with Gasteiger partial charge >= 0.3 is 0 Å². The molecule has 0 aromatic heterocycles. The van der Waals surface area contributed by atoms with Crippen molar-refractivity contribution in [2.45, 2.75) is 26.9 Å². The molecule has 0 aliphatic carbocycles. The van der Waals surface area contributed by atoms with Gasteiger partial charge in [0.1, 0.15) is 12.4 Å². The van der Waals surface area contributed by atoms with Crippen LogP contribution in [0.3, 0.4) is 0 Å². The van der Waals surface area contributed by atoms with E-state index in [1.165, 1.54) is 16.7 Å². The summed E-state index contributed by atoms with van der Waals surface area (Å²) in [4.78, 5) is 0. The molecule has 0 radical (unpaired) electrons. The zero-order valence-corrected chi connectivity index (χ0v) is 10.4. The molecule has 2 aromatic rings. The van der Waals surface area contributed by atoms with Crippen LogP contribution in [-0.4, -0.2) is 0 Å². The van der Waals surface area contributed by atoms with E-state index in [9.17, 15) is 0 Å². The van der Waals surface area contributed by atoms with Crippen LogP contribution in [0.1, 0.15) is 23.6 Å². The summed E-state index contributed by atoms with van der Waals surface area (Å²) < 4.78 is 5.89. The Kier molecular flexibility index (Phi) is 3.81. The molecule has 0 saturated heterocycles. The van der Waals surface area contributed by atoms with E-state index in [4.69, 9.17) is 4.74 Å². The summed E-state index contributed by atoms with van der Waals surface area (Å²) in [5.74, 6) is 1.01. The molecule has 0 amide bonds. The van der Waals surface area contributed by atoms with Crippen LogP contribution in [0.15, 0.2) is 48.5 Å². The molecular formula is C16H18O. The highest BCUT2D eigenvalue weighted by Crippen LogP contribution is 2.21. The van der Waals surface area contributed by atoms with Crippen LogP contribution in [0.5, 0.6) is 5.75 Å². The minimum Gasteiger partial charge on any atom is -0.489 e. The van der Waals surface area contributed by atoms with Crippen LogP contribution >= 0.6 is 0 Å². The lowest BCUT2D eigenvalue weighted by atomic mass is 10.1. The van der Waals surface area contributed by atoms with E-state index in [1.807, 2.05) is 18.2 Å². The molecule has 88 valence electrons. The number of hydrogen-bond acceptors (Lipinski definition) is 1. The highest BCUT2D eigenvalue weighted by molar-refractivity contribution is 5.37. The summed E-state index contributed by atoms with van der Waals surface area (Å²) in [6, 6.07) is 16.7. The lowest BCUT2D eigenvalue weighted by molar-refractivity contribution is 0.303. The van der Waals surface area contributed by atoms with Crippen molar-refractivity contribution in [1.29, 1.82) is 0 Å². The van der Waals surface area contributed by atoms with Gasteiger partial charge < -0.3 is 4.74 Å². The average molecular weight is 226 g/mol. The van der Waals surface area contributed by atoms with Gasteiger partial charge in [0.15, 0.2) is 0 Å². The molecule has 2 aromatic carbocycles. The molecule has 0 heterocycles. The monoisotopic (exact) mass is 226 g/mol. The molecule has 0 fully saturated rings. The lowest BCUT2D eigenvalue weighted by Gasteiger charge is -2.11. The third kappa shape index (κ3) is 3.10. The molecule has 1 nitrogen and oxygen atoms in total. The van der Waals surface area contributed by atoms with Crippen LogP contribution < -0.4 is 4.74 Å². The number of hydrogen-bond donors (Lipinski definition) is 0. The fraction of sp³-hybridized carbons (Fsp3) is 0.250. The van der Waals surface area contributed by atoms with Gasteiger partial charge in [0.2, 0.25) is 0 Å². The molecule has 0 bridgehead atoms. The van der Waals surface area contributed by atoms with Crippen LogP contribution in [0.4, 0.5) is 0 Å². The first-order valence-electron chi connectivity index (χ1n) is 6.06. The largest absolute Gasteiger partial charge is 0.489 e. The maximum Gasteiger partial charge on any atom is 0.123 e. The van der Waals surface area contributed by atoms with Crippen LogP contribution in [-0.2, 0) is 13.0 Å². The van der Waals surface area contributed by atoms with E-state index in [1.54, 1.807) is 0 Å². The van der Waals surface area contributed by atoms with Crippen molar-refractivity contribution in [3.05, 3.63) is 65.2 Å². The highest BCUT2D eigenvalue weighted by atomic mass is 16.5. The van der Waals surface area contributed by atoms with Gasteiger partial charge in [0.05, 0.1) is 0 Å². The molecule has 0 saturated carbocycles. The molecule has 1 heteroatoms. The van der Waals surface area contributed by atoms with E-state index in [-0.39, 0.29) is 0 Å². The Bertz CT molecular complexity index is 474. The smallest absolute Gasteiger partial charge is 0.123 e. The zero-order valence-electron chi connectivity index (χ0n) is 10.4. The number of benzene rings is 2. The molecule has 0 atom stereocenters. The molecule has 0 aliphatic rings. The Hall–Kier alpha value is -1.76. The Labute approximate surface area is 103 Å². The average Bonchev–Trinajstić information content (AvgIpc) is 2.38. The second kappa shape index (κ2) is 5.53. The summed E-state index contributed by atoms with van der Waals surface area (Å²) in [5, 5.41) is 0. The van der Waals surface area contributed by atoms with E-state index in [2.05, 4.69) is 44.2 Å². The second-order valence-electron chi connectivity index (χ2n) is 4.24. The molecule has 2 rings (SSSR count). The fourth-order valence-electron chi connectivity index (χ4n) is 1.82. The molecule has 0 unspecified atom stereocenters. The zero-order chi connectivity index (χ0) is 12.1. The van der Waals surface area contributed by atoms with E-state index >= 15 is 0 Å². The van der Waals surface area contributed by atoms with Crippen molar-refractivity contribution in [2.24, 2.45) is 0 Å². The Morgan fingerprint density at radius 3 is 2.47 bits per heavy atom. The first kappa shape index (κ1) is 11.7. The van der Waals surface area contributed by atoms with Gasteiger partial charge in [-0.25, -0.2) is 0 Å². The summed E-state index contributed by atoms with van der Waals surface area (Å²) in [7, 11) is 0. The molecule has 0 N–H and O–H groups in total.